The number of hydrogen-bond acceptors (Lipinski definition) is 4. The Morgan fingerprint density at radius 3 is 2.36 bits per heavy atom. The van der Waals surface area contributed by atoms with Gasteiger partial charge >= 0.3 is 0 Å². The lowest BCUT2D eigenvalue weighted by Crippen LogP contribution is -2.23. The SMILES string of the molecule is Cc1ccc(C)c(NC(=O)C(C)Sc2nc(C)cc(C)n2)c1. The van der Waals surface area contributed by atoms with Crippen LogP contribution in [0.15, 0.2) is 29.4 Å². The van der Waals surface area contributed by atoms with Gasteiger partial charge in [0.1, 0.15) is 0 Å². The highest BCUT2D eigenvalue weighted by molar-refractivity contribution is 8.00. The van der Waals surface area contributed by atoms with Crippen LogP contribution < -0.4 is 5.32 Å². The molecule has 22 heavy (non-hydrogen) atoms. The largest absolute Gasteiger partial charge is 0.325 e. The van der Waals surface area contributed by atoms with E-state index in [1.54, 1.807) is 0 Å². The number of aromatic nitrogens is 2. The molecule has 0 radical (unpaired) electrons. The monoisotopic (exact) mass is 315 g/mol. The summed E-state index contributed by atoms with van der Waals surface area (Å²) in [5.74, 6) is -0.0403. The van der Waals surface area contributed by atoms with Gasteiger partial charge in [0.05, 0.1) is 5.25 Å². The maximum Gasteiger partial charge on any atom is 0.237 e. The first kappa shape index (κ1) is 16.5. The molecule has 0 aliphatic heterocycles. The third-order valence-electron chi connectivity index (χ3n) is 3.26. The standard InChI is InChI=1S/C17H21N3OS/c1-10-6-7-11(2)15(8-10)20-16(21)14(5)22-17-18-12(3)9-13(4)19-17/h6-9,14H,1-5H3,(H,20,21). The maximum atomic E-state index is 12.4. The van der Waals surface area contributed by atoms with E-state index in [4.69, 9.17) is 0 Å². The van der Waals surface area contributed by atoms with E-state index < -0.39 is 0 Å². The Morgan fingerprint density at radius 2 is 1.73 bits per heavy atom. The van der Waals surface area contributed by atoms with Crippen molar-refractivity contribution in [3.8, 4) is 0 Å². The lowest BCUT2D eigenvalue weighted by Gasteiger charge is -2.13. The number of benzene rings is 1. The van der Waals surface area contributed by atoms with E-state index in [1.807, 2.05) is 58.9 Å². The third kappa shape index (κ3) is 4.31. The summed E-state index contributed by atoms with van der Waals surface area (Å²) in [4.78, 5) is 21.1. The molecule has 0 spiro atoms. The normalized spacial score (nSPS) is 12.0. The van der Waals surface area contributed by atoms with Gasteiger partial charge in [-0.25, -0.2) is 9.97 Å². The average Bonchev–Trinajstić information content (AvgIpc) is 2.41. The molecular weight excluding hydrogens is 294 g/mol. The van der Waals surface area contributed by atoms with E-state index in [9.17, 15) is 4.79 Å². The van der Waals surface area contributed by atoms with Crippen LogP contribution in [0.2, 0.25) is 0 Å². The average molecular weight is 315 g/mol. The predicted octanol–water partition coefficient (Wildman–Crippen LogP) is 3.83. The Hall–Kier alpha value is -1.88. The first-order valence-electron chi connectivity index (χ1n) is 7.22. The van der Waals surface area contributed by atoms with Gasteiger partial charge in [0.25, 0.3) is 0 Å². The van der Waals surface area contributed by atoms with Crippen molar-refractivity contribution in [1.29, 1.82) is 0 Å². The summed E-state index contributed by atoms with van der Waals surface area (Å²) in [5.41, 5.74) is 4.87. The minimum absolute atomic E-state index is 0.0403. The zero-order valence-electron chi connectivity index (χ0n) is 13.6. The second kappa shape index (κ2) is 6.92. The number of rotatable bonds is 4. The fourth-order valence-electron chi connectivity index (χ4n) is 2.06. The highest BCUT2D eigenvalue weighted by Gasteiger charge is 2.17. The molecule has 116 valence electrons. The van der Waals surface area contributed by atoms with Crippen LogP contribution in [0.1, 0.15) is 29.4 Å². The van der Waals surface area contributed by atoms with E-state index in [2.05, 4.69) is 15.3 Å². The van der Waals surface area contributed by atoms with E-state index in [1.165, 1.54) is 11.8 Å². The highest BCUT2D eigenvalue weighted by atomic mass is 32.2. The number of thioether (sulfide) groups is 1. The smallest absolute Gasteiger partial charge is 0.237 e. The van der Waals surface area contributed by atoms with Crippen LogP contribution in [0.25, 0.3) is 0 Å². The topological polar surface area (TPSA) is 54.9 Å². The van der Waals surface area contributed by atoms with Crippen molar-refractivity contribution in [2.24, 2.45) is 0 Å². The van der Waals surface area contributed by atoms with Crippen LogP contribution >= 0.6 is 11.8 Å². The lowest BCUT2D eigenvalue weighted by atomic mass is 10.1. The second-order valence-corrected chi connectivity index (χ2v) is 6.81. The molecule has 5 heteroatoms. The number of carbonyl (C=O) groups is 1. The van der Waals surface area contributed by atoms with Crippen molar-refractivity contribution < 1.29 is 4.79 Å². The first-order valence-corrected chi connectivity index (χ1v) is 8.10. The molecule has 2 aromatic rings. The van der Waals surface area contributed by atoms with Crippen LogP contribution in [0, 0.1) is 27.7 Å². The fraction of sp³-hybridized carbons (Fsp3) is 0.353. The van der Waals surface area contributed by atoms with E-state index in [0.717, 1.165) is 28.2 Å². The van der Waals surface area contributed by atoms with Crippen LogP contribution in [0.3, 0.4) is 0 Å². The zero-order valence-corrected chi connectivity index (χ0v) is 14.4. The zero-order chi connectivity index (χ0) is 16.3. The molecule has 1 aromatic carbocycles. The number of anilines is 1. The molecule has 1 amide bonds. The van der Waals surface area contributed by atoms with Crippen molar-refractivity contribution in [3.05, 3.63) is 46.8 Å². The van der Waals surface area contributed by atoms with Gasteiger partial charge < -0.3 is 5.32 Å². The molecule has 0 fully saturated rings. The van der Waals surface area contributed by atoms with Gasteiger partial charge in [-0.3, -0.25) is 4.79 Å². The summed E-state index contributed by atoms with van der Waals surface area (Å²) in [6, 6.07) is 7.95. The Labute approximate surface area is 135 Å². The van der Waals surface area contributed by atoms with Crippen LogP contribution in [0.4, 0.5) is 5.69 Å². The number of nitrogens with zero attached hydrogens (tertiary/aromatic N) is 2. The molecule has 0 saturated heterocycles. The quantitative estimate of drug-likeness (QED) is 0.688. The number of nitrogens with one attached hydrogen (secondary N) is 1. The molecule has 0 aliphatic rings. The van der Waals surface area contributed by atoms with E-state index in [-0.39, 0.29) is 11.2 Å². The van der Waals surface area contributed by atoms with Gasteiger partial charge in [0.15, 0.2) is 5.16 Å². The van der Waals surface area contributed by atoms with Crippen LogP contribution in [0.5, 0.6) is 0 Å². The van der Waals surface area contributed by atoms with Crippen LogP contribution in [-0.2, 0) is 4.79 Å². The molecule has 0 aliphatic carbocycles. The maximum absolute atomic E-state index is 12.4. The first-order chi connectivity index (χ1) is 10.3. The highest BCUT2D eigenvalue weighted by Crippen LogP contribution is 2.23. The summed E-state index contributed by atoms with van der Waals surface area (Å²) < 4.78 is 0. The van der Waals surface area contributed by atoms with Crippen LogP contribution in [-0.4, -0.2) is 21.1 Å². The molecule has 0 bridgehead atoms. The van der Waals surface area contributed by atoms with Crippen molar-refractivity contribution in [3.63, 3.8) is 0 Å². The second-order valence-electron chi connectivity index (χ2n) is 5.50. The molecule has 4 nitrogen and oxygen atoms in total. The van der Waals surface area contributed by atoms with Crippen molar-refractivity contribution in [1.82, 2.24) is 9.97 Å². The summed E-state index contributed by atoms with van der Waals surface area (Å²) in [7, 11) is 0. The third-order valence-corrected chi connectivity index (χ3v) is 4.23. The molecule has 1 atom stereocenters. The van der Waals surface area contributed by atoms with Gasteiger partial charge in [-0.1, -0.05) is 23.9 Å². The Morgan fingerprint density at radius 1 is 1.09 bits per heavy atom. The number of carbonyl (C=O) groups excluding carboxylic acids is 1. The number of hydrogen-bond donors (Lipinski definition) is 1. The Bertz CT molecular complexity index is 680. The summed E-state index contributed by atoms with van der Waals surface area (Å²) in [6.45, 7) is 9.72. The minimum atomic E-state index is -0.263. The van der Waals surface area contributed by atoms with E-state index in [0.29, 0.717) is 5.16 Å². The Balaban J connectivity index is 2.07. The van der Waals surface area contributed by atoms with Gasteiger partial charge in [-0.05, 0) is 57.9 Å². The number of amides is 1. The van der Waals surface area contributed by atoms with Gasteiger partial charge in [0, 0.05) is 17.1 Å². The minimum Gasteiger partial charge on any atom is -0.325 e. The molecular formula is C17H21N3OS. The number of aryl methyl sites for hydroxylation is 4. The molecule has 2 rings (SSSR count). The van der Waals surface area contributed by atoms with Gasteiger partial charge in [-0.2, -0.15) is 0 Å². The summed E-state index contributed by atoms with van der Waals surface area (Å²) in [6.07, 6.45) is 0. The molecule has 1 aromatic heterocycles. The van der Waals surface area contributed by atoms with Crippen molar-refractivity contribution in [2.45, 2.75) is 45.0 Å². The molecule has 1 N–H and O–H groups in total. The molecule has 1 heterocycles. The van der Waals surface area contributed by atoms with Crippen molar-refractivity contribution >= 4 is 23.4 Å². The predicted molar refractivity (Wildman–Crippen MR) is 91.4 cm³/mol. The van der Waals surface area contributed by atoms with E-state index >= 15 is 0 Å². The molecule has 1 unspecified atom stereocenters. The summed E-state index contributed by atoms with van der Waals surface area (Å²) >= 11 is 1.38. The molecule has 0 saturated carbocycles. The van der Waals surface area contributed by atoms with Gasteiger partial charge in [-0.15, -0.1) is 0 Å². The Kier molecular flexibility index (Phi) is 5.19. The fourth-order valence-corrected chi connectivity index (χ4v) is 2.94. The van der Waals surface area contributed by atoms with Gasteiger partial charge in [0.2, 0.25) is 5.91 Å². The van der Waals surface area contributed by atoms with Crippen molar-refractivity contribution in [2.75, 3.05) is 5.32 Å². The summed E-state index contributed by atoms with van der Waals surface area (Å²) in [5, 5.41) is 3.36. The lowest BCUT2D eigenvalue weighted by molar-refractivity contribution is -0.115.